The number of rotatable bonds is 4. The first-order valence-electron chi connectivity index (χ1n) is 8.37. The monoisotopic (exact) mass is 427 g/mol. The van der Waals surface area contributed by atoms with Crippen molar-refractivity contribution in [2.45, 2.75) is 12.5 Å². The van der Waals surface area contributed by atoms with Crippen LogP contribution < -0.4 is 10.2 Å². The molecule has 3 aromatic rings. The minimum Gasteiger partial charge on any atom is -0.354 e. The van der Waals surface area contributed by atoms with E-state index >= 15 is 0 Å². The summed E-state index contributed by atoms with van der Waals surface area (Å²) in [5, 5.41) is 3.62. The highest BCUT2D eigenvalue weighted by atomic mass is 35.5. The number of nitrogens with zero attached hydrogens (tertiary/aromatic N) is 3. The topological polar surface area (TPSA) is 56.8 Å². The second kappa shape index (κ2) is 11.1. The van der Waals surface area contributed by atoms with Gasteiger partial charge in [0, 0.05) is 49.6 Å². The van der Waals surface area contributed by atoms with Crippen LogP contribution in [0, 0.1) is 0 Å². The Morgan fingerprint density at radius 2 is 1.74 bits per heavy atom. The maximum Gasteiger partial charge on any atom is 0.128 e. The number of piperazine rings is 1. The van der Waals surface area contributed by atoms with Crippen molar-refractivity contribution in [3.8, 4) is 11.3 Å². The first kappa shape index (κ1) is 23.2. The van der Waals surface area contributed by atoms with Crippen molar-refractivity contribution in [2.75, 3.05) is 24.5 Å². The lowest BCUT2D eigenvalue weighted by Crippen LogP contribution is -2.52. The summed E-state index contributed by atoms with van der Waals surface area (Å²) in [5.41, 5.74) is 3.39. The Balaban J connectivity index is 0.00000121. The Hall–Kier alpha value is -1.79. The fraction of sp³-hybridized carbons (Fsp3) is 0.263. The van der Waals surface area contributed by atoms with Gasteiger partial charge in [-0.3, -0.25) is 0 Å². The molecule has 0 aliphatic carbocycles. The van der Waals surface area contributed by atoms with Gasteiger partial charge in [-0.15, -0.1) is 37.2 Å². The number of anilines is 1. The number of aromatic nitrogens is 3. The molecule has 146 valence electrons. The first-order valence-corrected chi connectivity index (χ1v) is 8.37. The third-order valence-electron chi connectivity index (χ3n) is 4.44. The molecule has 0 radical (unpaired) electrons. The summed E-state index contributed by atoms with van der Waals surface area (Å²) in [6, 6.07) is 16.8. The van der Waals surface area contributed by atoms with Gasteiger partial charge in [0.15, 0.2) is 0 Å². The molecule has 3 heterocycles. The van der Waals surface area contributed by atoms with Crippen LogP contribution in [0.3, 0.4) is 0 Å². The molecule has 0 amide bonds. The molecule has 2 N–H and O–H groups in total. The SMILES string of the molecule is Cl.Cl.Cl.c1ccc(-c2nc[nH]c2CC2CN(c3ccccn3)CCN2)cc1. The molecule has 5 nitrogen and oxygen atoms in total. The summed E-state index contributed by atoms with van der Waals surface area (Å²) in [4.78, 5) is 14.7. The number of halogens is 3. The summed E-state index contributed by atoms with van der Waals surface area (Å²) >= 11 is 0. The van der Waals surface area contributed by atoms with Gasteiger partial charge in [-0.05, 0) is 12.1 Å². The van der Waals surface area contributed by atoms with Crippen LogP contribution in [0.5, 0.6) is 0 Å². The van der Waals surface area contributed by atoms with Gasteiger partial charge in [-0.2, -0.15) is 0 Å². The van der Waals surface area contributed by atoms with E-state index in [0.717, 1.165) is 43.1 Å². The molecule has 1 saturated heterocycles. The van der Waals surface area contributed by atoms with E-state index in [1.807, 2.05) is 24.4 Å². The Morgan fingerprint density at radius 3 is 2.48 bits per heavy atom. The maximum absolute atomic E-state index is 4.52. The number of benzene rings is 1. The first-order chi connectivity index (χ1) is 11.9. The average molecular weight is 429 g/mol. The zero-order valence-electron chi connectivity index (χ0n) is 14.7. The third-order valence-corrected chi connectivity index (χ3v) is 4.44. The lowest BCUT2D eigenvalue weighted by Gasteiger charge is -2.34. The fourth-order valence-electron chi connectivity index (χ4n) is 3.28. The molecule has 27 heavy (non-hydrogen) atoms. The molecule has 1 aliphatic heterocycles. The molecule has 0 saturated carbocycles. The highest BCUT2D eigenvalue weighted by Crippen LogP contribution is 2.22. The molecule has 8 heteroatoms. The third kappa shape index (κ3) is 5.59. The van der Waals surface area contributed by atoms with Crippen molar-refractivity contribution in [1.82, 2.24) is 20.3 Å². The van der Waals surface area contributed by atoms with Gasteiger partial charge < -0.3 is 15.2 Å². The zero-order chi connectivity index (χ0) is 16.2. The fourth-order valence-corrected chi connectivity index (χ4v) is 3.28. The molecule has 1 unspecified atom stereocenters. The molecule has 2 aromatic heterocycles. The van der Waals surface area contributed by atoms with Gasteiger partial charge in [0.1, 0.15) is 5.82 Å². The van der Waals surface area contributed by atoms with Crippen LogP contribution in [0.25, 0.3) is 11.3 Å². The predicted octanol–water partition coefficient (Wildman–Crippen LogP) is 3.76. The number of nitrogens with one attached hydrogen (secondary N) is 2. The molecule has 1 aliphatic rings. The second-order valence-electron chi connectivity index (χ2n) is 6.08. The molecule has 0 bridgehead atoms. The normalized spacial score (nSPS) is 15.9. The molecule has 1 aromatic carbocycles. The van der Waals surface area contributed by atoms with E-state index in [1.54, 1.807) is 6.33 Å². The van der Waals surface area contributed by atoms with Gasteiger partial charge in [0.05, 0.1) is 12.0 Å². The van der Waals surface area contributed by atoms with E-state index in [1.165, 1.54) is 5.69 Å². The number of pyridine rings is 1. The van der Waals surface area contributed by atoms with E-state index in [2.05, 4.69) is 55.5 Å². The minimum absolute atomic E-state index is 0. The molecular formula is C19H24Cl3N5. The number of hydrogen-bond donors (Lipinski definition) is 2. The molecule has 4 rings (SSSR count). The summed E-state index contributed by atoms with van der Waals surface area (Å²) in [6.45, 7) is 2.91. The standard InChI is InChI=1S/C19H21N5.3ClH/c1-2-6-15(7-3-1)19-17(22-14-23-19)12-16-13-24(11-10-20-16)18-8-4-5-9-21-18;;;/h1-9,14,16,20H,10-13H2,(H,22,23);3*1H. The molecule has 1 atom stereocenters. The van der Waals surface area contributed by atoms with Crippen molar-refractivity contribution < 1.29 is 0 Å². The van der Waals surface area contributed by atoms with Crippen LogP contribution in [-0.4, -0.2) is 40.6 Å². The number of H-pyrrole nitrogens is 1. The highest BCUT2D eigenvalue weighted by molar-refractivity contribution is 5.86. The Labute approximate surface area is 178 Å². The lowest BCUT2D eigenvalue weighted by atomic mass is 10.0. The summed E-state index contributed by atoms with van der Waals surface area (Å²) in [5.74, 6) is 1.05. The minimum atomic E-state index is 0. The zero-order valence-corrected chi connectivity index (χ0v) is 17.2. The summed E-state index contributed by atoms with van der Waals surface area (Å²) in [6.07, 6.45) is 4.57. The van der Waals surface area contributed by atoms with Crippen molar-refractivity contribution >= 4 is 43.0 Å². The highest BCUT2D eigenvalue weighted by Gasteiger charge is 2.22. The second-order valence-corrected chi connectivity index (χ2v) is 6.08. The van der Waals surface area contributed by atoms with Crippen LogP contribution in [0.1, 0.15) is 5.69 Å². The van der Waals surface area contributed by atoms with E-state index in [9.17, 15) is 0 Å². The largest absolute Gasteiger partial charge is 0.354 e. The van der Waals surface area contributed by atoms with Gasteiger partial charge in [0.2, 0.25) is 0 Å². The smallest absolute Gasteiger partial charge is 0.128 e. The maximum atomic E-state index is 4.52. The van der Waals surface area contributed by atoms with E-state index in [4.69, 9.17) is 0 Å². The van der Waals surface area contributed by atoms with Crippen LogP contribution in [0.4, 0.5) is 5.82 Å². The average Bonchev–Trinajstić information content (AvgIpc) is 3.11. The number of aromatic amines is 1. The summed E-state index contributed by atoms with van der Waals surface area (Å²) in [7, 11) is 0. The van der Waals surface area contributed by atoms with Crippen molar-refractivity contribution in [1.29, 1.82) is 0 Å². The Kier molecular flexibility index (Phi) is 9.60. The van der Waals surface area contributed by atoms with Crippen molar-refractivity contribution in [3.63, 3.8) is 0 Å². The Morgan fingerprint density at radius 1 is 0.963 bits per heavy atom. The number of imidazole rings is 1. The van der Waals surface area contributed by atoms with Crippen molar-refractivity contribution in [3.05, 3.63) is 66.7 Å². The van der Waals surface area contributed by atoms with Crippen LogP contribution in [0.15, 0.2) is 61.1 Å². The van der Waals surface area contributed by atoms with Crippen LogP contribution in [0.2, 0.25) is 0 Å². The molecule has 1 fully saturated rings. The number of hydrogen-bond acceptors (Lipinski definition) is 4. The quantitative estimate of drug-likeness (QED) is 0.664. The molecular weight excluding hydrogens is 405 g/mol. The van der Waals surface area contributed by atoms with Crippen molar-refractivity contribution in [2.24, 2.45) is 0 Å². The van der Waals surface area contributed by atoms with E-state index in [0.29, 0.717) is 6.04 Å². The predicted molar refractivity (Wildman–Crippen MR) is 118 cm³/mol. The van der Waals surface area contributed by atoms with E-state index in [-0.39, 0.29) is 37.2 Å². The summed E-state index contributed by atoms with van der Waals surface area (Å²) < 4.78 is 0. The van der Waals surface area contributed by atoms with Crippen LogP contribution in [-0.2, 0) is 6.42 Å². The van der Waals surface area contributed by atoms with Gasteiger partial charge in [-0.25, -0.2) is 9.97 Å². The van der Waals surface area contributed by atoms with Gasteiger partial charge in [-0.1, -0.05) is 36.4 Å². The van der Waals surface area contributed by atoms with E-state index < -0.39 is 0 Å². The van der Waals surface area contributed by atoms with Crippen LogP contribution >= 0.6 is 37.2 Å². The molecule has 0 spiro atoms. The lowest BCUT2D eigenvalue weighted by molar-refractivity contribution is 0.450. The van der Waals surface area contributed by atoms with Gasteiger partial charge >= 0.3 is 0 Å². The Bertz CT molecular complexity index is 782. The van der Waals surface area contributed by atoms with Gasteiger partial charge in [0.25, 0.3) is 0 Å².